The average molecular weight is 258 g/mol. The van der Waals surface area contributed by atoms with E-state index in [0.717, 1.165) is 16.5 Å². The number of nitrogens with one attached hydrogen (secondary N) is 1. The van der Waals surface area contributed by atoms with Crippen LogP contribution in [0.25, 0.3) is 10.8 Å². The molecule has 0 aromatic heterocycles. The van der Waals surface area contributed by atoms with Crippen LogP contribution in [0.5, 0.6) is 5.75 Å². The quantitative estimate of drug-likeness (QED) is 0.757. The predicted octanol–water partition coefficient (Wildman–Crippen LogP) is 4.37. The molecule has 1 N–H and O–H groups in total. The largest absolute Gasteiger partial charge is 0.456 e. The van der Waals surface area contributed by atoms with Crippen LogP contribution < -0.4 is 10.1 Å². The summed E-state index contributed by atoms with van der Waals surface area (Å²) in [6, 6.07) is 9.96. The van der Waals surface area contributed by atoms with Crippen LogP contribution in [0.3, 0.4) is 0 Å². The normalized spacial score (nSPS) is 16.2. The first-order chi connectivity index (χ1) is 8.75. The van der Waals surface area contributed by atoms with E-state index in [-0.39, 0.29) is 0 Å². The van der Waals surface area contributed by atoms with E-state index >= 15 is 0 Å². The van der Waals surface area contributed by atoms with Gasteiger partial charge in [-0.15, -0.1) is 0 Å². The predicted molar refractivity (Wildman–Crippen MR) is 76.4 cm³/mol. The molecule has 0 unspecified atom stereocenters. The Bertz CT molecular complexity index is 661. The van der Waals surface area contributed by atoms with Crippen molar-refractivity contribution >= 4 is 28.1 Å². The van der Waals surface area contributed by atoms with E-state index in [9.17, 15) is 0 Å². The number of hydrogen-bond donors (Lipinski definition) is 1. The molecule has 1 aliphatic heterocycles. The van der Waals surface area contributed by atoms with Crippen molar-refractivity contribution in [2.24, 2.45) is 0 Å². The van der Waals surface area contributed by atoms with Gasteiger partial charge >= 0.3 is 0 Å². The van der Waals surface area contributed by atoms with Gasteiger partial charge in [-0.05, 0) is 17.5 Å². The molecular weight excluding hydrogens is 246 g/mol. The van der Waals surface area contributed by atoms with Crippen molar-refractivity contribution in [2.75, 3.05) is 11.9 Å². The summed E-state index contributed by atoms with van der Waals surface area (Å²) in [6.07, 6.45) is 3.80. The van der Waals surface area contributed by atoms with E-state index in [2.05, 4.69) is 11.9 Å². The van der Waals surface area contributed by atoms with E-state index in [1.54, 1.807) is 0 Å². The van der Waals surface area contributed by atoms with Crippen LogP contribution in [0, 0.1) is 0 Å². The van der Waals surface area contributed by atoms with Gasteiger partial charge in [-0.25, -0.2) is 0 Å². The fourth-order valence-corrected chi connectivity index (χ4v) is 2.38. The molecule has 0 amide bonds. The molecule has 0 radical (unpaired) electrons. The van der Waals surface area contributed by atoms with Crippen LogP contribution in [0.2, 0.25) is 5.02 Å². The highest BCUT2D eigenvalue weighted by Gasteiger charge is 2.14. The first-order valence-corrected chi connectivity index (χ1v) is 6.12. The van der Waals surface area contributed by atoms with Crippen molar-refractivity contribution < 1.29 is 4.74 Å². The van der Waals surface area contributed by atoms with E-state index in [4.69, 9.17) is 16.3 Å². The lowest BCUT2D eigenvalue weighted by molar-refractivity contribution is 0.448. The third kappa shape index (κ3) is 1.85. The van der Waals surface area contributed by atoms with Crippen LogP contribution in [0.4, 0.5) is 5.69 Å². The van der Waals surface area contributed by atoms with Crippen molar-refractivity contribution in [2.45, 2.75) is 0 Å². The summed E-state index contributed by atoms with van der Waals surface area (Å²) in [5, 5.41) is 6.02. The number of anilines is 1. The Morgan fingerprint density at radius 3 is 3.00 bits per heavy atom. The van der Waals surface area contributed by atoms with Gasteiger partial charge in [-0.2, -0.15) is 0 Å². The summed E-state index contributed by atoms with van der Waals surface area (Å²) in [4.78, 5) is 0. The third-order valence-corrected chi connectivity index (χ3v) is 3.28. The molecule has 1 aliphatic rings. The molecule has 3 rings (SSSR count). The molecule has 18 heavy (non-hydrogen) atoms. The summed E-state index contributed by atoms with van der Waals surface area (Å²) in [6.45, 7) is 4.55. The Kier molecular flexibility index (Phi) is 2.73. The smallest absolute Gasteiger partial charge is 0.152 e. The number of hydrogen-bond acceptors (Lipinski definition) is 2. The third-order valence-electron chi connectivity index (χ3n) is 2.89. The highest BCUT2D eigenvalue weighted by Crippen LogP contribution is 2.40. The van der Waals surface area contributed by atoms with Crippen molar-refractivity contribution in [1.82, 2.24) is 0 Å². The summed E-state index contributed by atoms with van der Waals surface area (Å²) in [5.74, 6) is 1.33. The molecule has 0 saturated carbocycles. The zero-order chi connectivity index (χ0) is 12.5. The topological polar surface area (TPSA) is 21.3 Å². The lowest BCUT2D eigenvalue weighted by Gasteiger charge is -2.17. The van der Waals surface area contributed by atoms with Crippen LogP contribution in [-0.2, 0) is 0 Å². The van der Waals surface area contributed by atoms with Crippen molar-refractivity contribution in [1.29, 1.82) is 0 Å². The average Bonchev–Trinajstić information content (AvgIpc) is 2.35. The maximum atomic E-state index is 6.44. The zero-order valence-corrected chi connectivity index (χ0v) is 10.5. The van der Waals surface area contributed by atoms with Crippen molar-refractivity contribution in [3.05, 3.63) is 59.8 Å². The standard InChI is InChI=1S/C15H12ClNO/c1-10-5-4-8-17-15-13(18-10)9-11-6-2-3-7-12(11)14(15)16/h2-7,9,17H,1,8H2/b5-4-. The number of benzene rings is 2. The van der Waals surface area contributed by atoms with Crippen LogP contribution >= 0.6 is 11.6 Å². The van der Waals surface area contributed by atoms with Crippen molar-refractivity contribution in [3.8, 4) is 5.75 Å². The van der Waals surface area contributed by atoms with Gasteiger partial charge in [0.25, 0.3) is 0 Å². The molecule has 2 nitrogen and oxygen atoms in total. The Morgan fingerprint density at radius 1 is 1.28 bits per heavy atom. The molecule has 2 aromatic carbocycles. The fourth-order valence-electron chi connectivity index (χ4n) is 2.05. The maximum absolute atomic E-state index is 6.44. The van der Waals surface area contributed by atoms with E-state index in [1.165, 1.54) is 0 Å². The zero-order valence-electron chi connectivity index (χ0n) is 9.74. The molecule has 0 aliphatic carbocycles. The van der Waals surface area contributed by atoms with Gasteiger partial charge in [0.1, 0.15) is 5.76 Å². The molecule has 90 valence electrons. The van der Waals surface area contributed by atoms with Crippen LogP contribution in [0.15, 0.2) is 54.8 Å². The van der Waals surface area contributed by atoms with Gasteiger partial charge < -0.3 is 10.1 Å². The van der Waals surface area contributed by atoms with Gasteiger partial charge in [0, 0.05) is 11.9 Å². The molecule has 3 heteroatoms. The second-order valence-electron chi connectivity index (χ2n) is 4.14. The molecule has 0 bridgehead atoms. The van der Waals surface area contributed by atoms with Crippen LogP contribution in [-0.4, -0.2) is 6.54 Å². The van der Waals surface area contributed by atoms with E-state index < -0.39 is 0 Å². The van der Waals surface area contributed by atoms with E-state index in [0.29, 0.717) is 23.1 Å². The first-order valence-electron chi connectivity index (χ1n) is 5.74. The number of allylic oxidation sites excluding steroid dienone is 1. The minimum atomic E-state index is 0.615. The highest BCUT2D eigenvalue weighted by atomic mass is 35.5. The highest BCUT2D eigenvalue weighted by molar-refractivity contribution is 6.38. The summed E-state index contributed by atoms with van der Waals surface area (Å²) >= 11 is 6.44. The number of ether oxygens (including phenoxy) is 1. The van der Waals surface area contributed by atoms with Gasteiger partial charge in [0.15, 0.2) is 5.75 Å². The molecule has 0 spiro atoms. The maximum Gasteiger partial charge on any atom is 0.152 e. The van der Waals surface area contributed by atoms with Crippen molar-refractivity contribution in [3.63, 3.8) is 0 Å². The molecule has 0 atom stereocenters. The summed E-state index contributed by atoms with van der Waals surface area (Å²) in [5.41, 5.74) is 0.820. The Morgan fingerprint density at radius 2 is 2.11 bits per heavy atom. The Hall–Kier alpha value is -1.93. The van der Waals surface area contributed by atoms with Crippen LogP contribution in [0.1, 0.15) is 0 Å². The number of fused-ring (bicyclic) bond motifs is 2. The van der Waals surface area contributed by atoms with Gasteiger partial charge in [-0.1, -0.05) is 48.5 Å². The van der Waals surface area contributed by atoms with Gasteiger partial charge in [0.05, 0.1) is 10.7 Å². The molecule has 0 saturated heterocycles. The molecule has 1 heterocycles. The number of halogens is 1. The Labute approximate surface area is 111 Å². The van der Waals surface area contributed by atoms with Gasteiger partial charge in [0.2, 0.25) is 0 Å². The SMILES string of the molecule is C=C1/C=C\CNc2c(cc3ccccc3c2Cl)O1. The lowest BCUT2D eigenvalue weighted by Crippen LogP contribution is -2.06. The lowest BCUT2D eigenvalue weighted by atomic mass is 10.1. The summed E-state index contributed by atoms with van der Waals surface area (Å²) in [7, 11) is 0. The van der Waals surface area contributed by atoms with Gasteiger partial charge in [-0.3, -0.25) is 0 Å². The second-order valence-corrected chi connectivity index (χ2v) is 4.51. The number of rotatable bonds is 0. The minimum absolute atomic E-state index is 0.615. The molecule has 0 fully saturated rings. The molecular formula is C15H12ClNO. The fraction of sp³-hybridized carbons (Fsp3) is 0.0667. The monoisotopic (exact) mass is 257 g/mol. The second kappa shape index (κ2) is 4.39. The summed E-state index contributed by atoms with van der Waals surface area (Å²) < 4.78 is 5.70. The minimum Gasteiger partial charge on any atom is -0.456 e. The Balaban J connectivity index is 2.25. The molecule has 2 aromatic rings. The van der Waals surface area contributed by atoms with E-state index in [1.807, 2.05) is 42.5 Å². The first kappa shape index (κ1) is 11.2.